The molecule has 0 atom stereocenters. The highest BCUT2D eigenvalue weighted by atomic mass is 32.1. The number of carbonyl (C=O) groups is 2. The second-order valence-electron chi connectivity index (χ2n) is 9.18. The van der Waals surface area contributed by atoms with Crippen LogP contribution in [-0.4, -0.2) is 36.5 Å². The Morgan fingerprint density at radius 1 is 0.686 bits per heavy atom. The minimum absolute atomic E-state index is 0.301. The lowest BCUT2D eigenvalue weighted by Crippen LogP contribution is -2.20. The summed E-state index contributed by atoms with van der Waals surface area (Å²) in [5.41, 5.74) is 7.44. The molecule has 194 valence electrons. The minimum Gasteiger partial charge on any atom is -0.488 e. The number of ether oxygens (including phenoxy) is 2. The molecular formula is C26H40N4O4S. The van der Waals surface area contributed by atoms with Crippen molar-refractivity contribution in [1.29, 1.82) is 0 Å². The maximum Gasteiger partial charge on any atom is 0.285 e. The highest BCUT2D eigenvalue weighted by Gasteiger charge is 2.29. The molecule has 1 aromatic heterocycles. The summed E-state index contributed by atoms with van der Waals surface area (Å²) < 4.78 is 11.9. The van der Waals surface area contributed by atoms with Gasteiger partial charge in [-0.2, -0.15) is 10.2 Å². The van der Waals surface area contributed by atoms with Crippen molar-refractivity contribution in [3.63, 3.8) is 0 Å². The number of hydrogen-bond donors (Lipinski definition) is 2. The summed E-state index contributed by atoms with van der Waals surface area (Å²) >= 11 is 1.07. The summed E-state index contributed by atoms with van der Waals surface area (Å²) in [5.74, 6) is -0.131. The molecule has 2 aliphatic carbocycles. The first-order valence-corrected chi connectivity index (χ1v) is 14.1. The second-order valence-corrected chi connectivity index (χ2v) is 10.2. The van der Waals surface area contributed by atoms with Crippen molar-refractivity contribution in [2.75, 3.05) is 13.2 Å². The number of hydrogen-bond acceptors (Lipinski definition) is 7. The molecule has 2 N–H and O–H groups in total. The van der Waals surface area contributed by atoms with Gasteiger partial charge >= 0.3 is 0 Å². The molecule has 2 fully saturated rings. The number of rotatable bonds is 10. The van der Waals surface area contributed by atoms with E-state index in [1.54, 1.807) is 0 Å². The first kappa shape index (κ1) is 27.2. The van der Waals surface area contributed by atoms with E-state index in [2.05, 4.69) is 21.1 Å². The average Bonchev–Trinajstić information content (AvgIpc) is 3.08. The van der Waals surface area contributed by atoms with Crippen LogP contribution in [0.3, 0.4) is 0 Å². The van der Waals surface area contributed by atoms with E-state index in [0.717, 1.165) is 87.0 Å². The number of nitrogens with one attached hydrogen (secondary N) is 2. The van der Waals surface area contributed by atoms with Crippen LogP contribution < -0.4 is 20.3 Å². The third-order valence-corrected chi connectivity index (χ3v) is 7.28. The molecule has 0 aromatic carbocycles. The van der Waals surface area contributed by atoms with Crippen LogP contribution in [0.1, 0.15) is 123 Å². The van der Waals surface area contributed by atoms with Crippen molar-refractivity contribution in [3.8, 4) is 11.5 Å². The molecule has 1 aromatic rings. The Labute approximate surface area is 212 Å². The Morgan fingerprint density at radius 3 is 1.40 bits per heavy atom. The fraction of sp³-hybridized carbons (Fsp3) is 0.692. The lowest BCUT2D eigenvalue weighted by molar-refractivity contribution is 0.0944. The van der Waals surface area contributed by atoms with Gasteiger partial charge in [0.1, 0.15) is 9.75 Å². The predicted molar refractivity (Wildman–Crippen MR) is 141 cm³/mol. The van der Waals surface area contributed by atoms with E-state index in [1.807, 2.05) is 13.8 Å². The topological polar surface area (TPSA) is 101 Å². The van der Waals surface area contributed by atoms with Crippen LogP contribution in [0.15, 0.2) is 10.2 Å². The molecule has 0 radical (unpaired) electrons. The van der Waals surface area contributed by atoms with Gasteiger partial charge in [-0.15, -0.1) is 11.3 Å². The molecule has 0 aliphatic heterocycles. The fourth-order valence-corrected chi connectivity index (χ4v) is 5.20. The molecule has 2 aliphatic rings. The minimum atomic E-state index is -0.381. The fourth-order valence-electron chi connectivity index (χ4n) is 4.23. The van der Waals surface area contributed by atoms with E-state index in [4.69, 9.17) is 9.47 Å². The smallest absolute Gasteiger partial charge is 0.285 e. The van der Waals surface area contributed by atoms with Crippen molar-refractivity contribution >= 4 is 34.6 Å². The molecule has 0 bridgehead atoms. The van der Waals surface area contributed by atoms with E-state index in [-0.39, 0.29) is 11.8 Å². The predicted octanol–water partition coefficient (Wildman–Crippen LogP) is 6.21. The highest BCUT2D eigenvalue weighted by Crippen LogP contribution is 2.43. The van der Waals surface area contributed by atoms with Gasteiger partial charge in [-0.3, -0.25) is 9.59 Å². The standard InChI is InChI=1S/C26H40N4O4S/c1-3-17-33-21-22(34-18-4-2)24(26(32)30-28-20-15-11-7-8-12-16-20)35-23(21)25(31)29-27-19-13-9-5-6-10-14-19/h3-18H2,1-2H3,(H,29,31)(H,30,32). The monoisotopic (exact) mass is 504 g/mol. The molecular weight excluding hydrogens is 464 g/mol. The molecule has 2 saturated carbocycles. The van der Waals surface area contributed by atoms with Crippen LogP contribution in [0.4, 0.5) is 0 Å². The third-order valence-electron chi connectivity index (χ3n) is 6.13. The largest absolute Gasteiger partial charge is 0.488 e. The van der Waals surface area contributed by atoms with Gasteiger partial charge in [0.15, 0.2) is 11.5 Å². The third kappa shape index (κ3) is 8.33. The Hall–Kier alpha value is -2.42. The molecule has 2 amide bonds. The quantitative estimate of drug-likeness (QED) is 0.292. The average molecular weight is 505 g/mol. The number of nitrogens with zero attached hydrogens (tertiary/aromatic N) is 2. The van der Waals surface area contributed by atoms with Gasteiger partial charge in [-0.25, -0.2) is 10.9 Å². The van der Waals surface area contributed by atoms with E-state index in [1.165, 1.54) is 25.7 Å². The zero-order chi connectivity index (χ0) is 24.9. The maximum atomic E-state index is 13.2. The maximum absolute atomic E-state index is 13.2. The second kappa shape index (κ2) is 14.9. The van der Waals surface area contributed by atoms with Gasteiger partial charge in [0, 0.05) is 11.4 Å². The van der Waals surface area contributed by atoms with Crippen LogP contribution in [0.2, 0.25) is 0 Å². The lowest BCUT2D eigenvalue weighted by atomic mass is 10.2. The van der Waals surface area contributed by atoms with Crippen molar-refractivity contribution in [1.82, 2.24) is 10.9 Å². The normalized spacial score (nSPS) is 16.6. The first-order chi connectivity index (χ1) is 17.1. The van der Waals surface area contributed by atoms with E-state index < -0.39 is 0 Å². The van der Waals surface area contributed by atoms with Crippen LogP contribution in [0.5, 0.6) is 11.5 Å². The summed E-state index contributed by atoms with van der Waals surface area (Å²) in [7, 11) is 0. The Balaban J connectivity index is 1.85. The Kier molecular flexibility index (Phi) is 11.5. The molecule has 3 rings (SSSR count). The van der Waals surface area contributed by atoms with E-state index in [9.17, 15) is 9.59 Å². The molecule has 8 nitrogen and oxygen atoms in total. The zero-order valence-electron chi connectivity index (χ0n) is 21.2. The summed E-state index contributed by atoms with van der Waals surface area (Å²) in [6, 6.07) is 0. The summed E-state index contributed by atoms with van der Waals surface area (Å²) in [4.78, 5) is 26.9. The lowest BCUT2D eigenvalue weighted by Gasteiger charge is -2.11. The van der Waals surface area contributed by atoms with Gasteiger partial charge in [-0.1, -0.05) is 39.5 Å². The molecule has 35 heavy (non-hydrogen) atoms. The van der Waals surface area contributed by atoms with Gasteiger partial charge in [0.25, 0.3) is 11.8 Å². The number of thiophene rings is 1. The first-order valence-electron chi connectivity index (χ1n) is 13.3. The number of amides is 2. The zero-order valence-corrected chi connectivity index (χ0v) is 22.1. The van der Waals surface area contributed by atoms with Gasteiger partial charge in [0.2, 0.25) is 0 Å². The van der Waals surface area contributed by atoms with Crippen molar-refractivity contribution in [2.45, 2.75) is 104 Å². The van der Waals surface area contributed by atoms with Gasteiger partial charge < -0.3 is 9.47 Å². The Morgan fingerprint density at radius 2 is 1.06 bits per heavy atom. The number of hydrazone groups is 2. The molecule has 0 unspecified atom stereocenters. The molecule has 0 spiro atoms. The van der Waals surface area contributed by atoms with E-state index in [0.29, 0.717) is 34.5 Å². The van der Waals surface area contributed by atoms with Crippen molar-refractivity contribution in [2.24, 2.45) is 10.2 Å². The van der Waals surface area contributed by atoms with Crippen LogP contribution >= 0.6 is 11.3 Å². The summed E-state index contributed by atoms with van der Waals surface area (Å²) in [6.07, 6.45) is 14.4. The Bertz CT molecular complexity index is 819. The van der Waals surface area contributed by atoms with Crippen molar-refractivity contribution < 1.29 is 19.1 Å². The highest BCUT2D eigenvalue weighted by molar-refractivity contribution is 7.16. The van der Waals surface area contributed by atoms with Gasteiger partial charge in [0.05, 0.1) is 13.2 Å². The van der Waals surface area contributed by atoms with Crippen LogP contribution in [0.25, 0.3) is 0 Å². The number of carbonyl (C=O) groups excluding carboxylic acids is 2. The van der Waals surface area contributed by atoms with Crippen LogP contribution in [0, 0.1) is 0 Å². The summed E-state index contributed by atoms with van der Waals surface area (Å²) in [5, 5.41) is 8.80. The molecule has 9 heteroatoms. The molecule has 0 saturated heterocycles. The van der Waals surface area contributed by atoms with Gasteiger partial charge in [-0.05, 0) is 64.2 Å². The molecule has 1 heterocycles. The SMILES string of the molecule is CCCOc1c(C(=O)NN=C2CCCCCC2)sc(C(=O)NN=C2CCCCCC2)c1OCCC. The van der Waals surface area contributed by atoms with E-state index >= 15 is 0 Å². The summed E-state index contributed by atoms with van der Waals surface area (Å²) in [6.45, 7) is 4.81. The van der Waals surface area contributed by atoms with Crippen LogP contribution in [-0.2, 0) is 0 Å². The van der Waals surface area contributed by atoms with Crippen molar-refractivity contribution in [3.05, 3.63) is 9.75 Å².